The average molecular weight is 489 g/mol. The number of aliphatic hydroxyl groups is 1. The first-order chi connectivity index (χ1) is 17.1. The predicted molar refractivity (Wildman–Crippen MR) is 143 cm³/mol. The summed E-state index contributed by atoms with van der Waals surface area (Å²) in [5, 5.41) is 10.6. The van der Waals surface area contributed by atoms with Crippen molar-refractivity contribution in [2.45, 2.75) is 38.3 Å². The van der Waals surface area contributed by atoms with Crippen LogP contribution in [-0.4, -0.2) is 46.1 Å². The summed E-state index contributed by atoms with van der Waals surface area (Å²) in [5.74, 6) is -0.230. The fourth-order valence-corrected chi connectivity index (χ4v) is 6.38. The van der Waals surface area contributed by atoms with Gasteiger partial charge in [-0.2, -0.15) is 0 Å². The average Bonchev–Trinajstić information content (AvgIpc) is 2.89. The third-order valence-corrected chi connectivity index (χ3v) is 8.02. The van der Waals surface area contributed by atoms with Gasteiger partial charge in [-0.05, 0) is 60.2 Å². The Hall–Kier alpha value is -2.60. The number of hydrogen-bond acceptors (Lipinski definition) is 3. The normalized spacial score (nSPS) is 22.6. The Morgan fingerprint density at radius 1 is 0.971 bits per heavy atom. The van der Waals surface area contributed by atoms with Crippen LogP contribution in [0.25, 0.3) is 0 Å². The van der Waals surface area contributed by atoms with Gasteiger partial charge in [0.15, 0.2) is 0 Å². The van der Waals surface area contributed by atoms with Crippen molar-refractivity contribution in [2.24, 2.45) is 5.41 Å². The highest BCUT2D eigenvalue weighted by Crippen LogP contribution is 2.40. The van der Waals surface area contributed by atoms with Crippen molar-refractivity contribution >= 4 is 17.2 Å². The lowest BCUT2D eigenvalue weighted by Gasteiger charge is -2.45. The maximum atomic E-state index is 13.7. The molecule has 0 aromatic heterocycles. The summed E-state index contributed by atoms with van der Waals surface area (Å²) in [6.45, 7) is 3.73. The molecule has 5 rings (SSSR count). The van der Waals surface area contributed by atoms with Crippen molar-refractivity contribution in [2.75, 3.05) is 26.2 Å². The molecule has 2 aliphatic rings. The van der Waals surface area contributed by atoms with Crippen molar-refractivity contribution < 1.29 is 9.50 Å². The first kappa shape index (κ1) is 24.1. The fraction of sp³-hybridized carbons (Fsp3) is 0.367. The molecule has 0 radical (unpaired) electrons. The van der Waals surface area contributed by atoms with Gasteiger partial charge in [-0.3, -0.25) is 4.90 Å². The van der Waals surface area contributed by atoms with Crippen LogP contribution in [-0.2, 0) is 13.0 Å². The zero-order chi connectivity index (χ0) is 24.3. The molecule has 3 nitrogen and oxygen atoms in total. The molecule has 0 bridgehead atoms. The summed E-state index contributed by atoms with van der Waals surface area (Å²) in [7, 11) is 0. The van der Waals surface area contributed by atoms with Gasteiger partial charge in [0.25, 0.3) is 0 Å². The molecular weight excluding hydrogens is 455 g/mol. The van der Waals surface area contributed by atoms with E-state index in [-0.39, 0.29) is 23.9 Å². The molecule has 35 heavy (non-hydrogen) atoms. The van der Waals surface area contributed by atoms with Gasteiger partial charge in [0.2, 0.25) is 0 Å². The molecule has 5 heteroatoms. The van der Waals surface area contributed by atoms with Gasteiger partial charge >= 0.3 is 0 Å². The molecule has 1 saturated heterocycles. The summed E-state index contributed by atoms with van der Waals surface area (Å²) in [6.07, 6.45) is 3.64. The number of rotatable bonds is 6. The van der Waals surface area contributed by atoms with Crippen LogP contribution in [0.5, 0.6) is 0 Å². The fourth-order valence-electron chi connectivity index (χ4n) is 5.88. The Bertz CT molecular complexity index is 1150. The standard InChI is InChI=1S/C30H33FN2OS/c31-26-13-11-25(12-14-26)29-27-10-5-4-9-24(27)15-18-33(29)28(35)19-30(22-34)16-6-17-32(21-30)20-23-7-2-1-3-8-23/h1-5,7-14,29,34H,6,15-22H2/t29-,30?/m0/s1. The number of nitrogens with zero attached hydrogens (tertiary/aromatic N) is 2. The minimum atomic E-state index is -0.242. The first-order valence-electron chi connectivity index (χ1n) is 12.6. The monoisotopic (exact) mass is 488 g/mol. The number of benzene rings is 3. The van der Waals surface area contributed by atoms with E-state index in [2.05, 4.69) is 58.3 Å². The topological polar surface area (TPSA) is 26.7 Å². The predicted octanol–water partition coefficient (Wildman–Crippen LogP) is 5.77. The second kappa shape index (κ2) is 10.6. The number of hydrogen-bond donors (Lipinski definition) is 1. The maximum absolute atomic E-state index is 13.7. The van der Waals surface area contributed by atoms with Gasteiger partial charge in [0.1, 0.15) is 5.82 Å². The van der Waals surface area contributed by atoms with E-state index in [1.165, 1.54) is 28.8 Å². The number of piperidine rings is 1. The Morgan fingerprint density at radius 2 is 1.71 bits per heavy atom. The van der Waals surface area contributed by atoms with Gasteiger partial charge in [0.05, 0.1) is 17.6 Å². The van der Waals surface area contributed by atoms with Crippen LogP contribution in [0.3, 0.4) is 0 Å². The SMILES string of the molecule is OCC1(CC(=S)N2CCc3ccccc3[C@@H]2c2ccc(F)cc2)CCCN(Cc2ccccc2)C1. The van der Waals surface area contributed by atoms with Crippen LogP contribution in [0, 0.1) is 11.2 Å². The number of halogens is 1. The van der Waals surface area contributed by atoms with Crippen molar-refractivity contribution in [1.29, 1.82) is 0 Å². The van der Waals surface area contributed by atoms with E-state index in [9.17, 15) is 9.50 Å². The van der Waals surface area contributed by atoms with Crippen molar-refractivity contribution in [1.82, 2.24) is 9.80 Å². The molecule has 0 aliphatic carbocycles. The number of aliphatic hydroxyl groups excluding tert-OH is 1. The smallest absolute Gasteiger partial charge is 0.123 e. The lowest BCUT2D eigenvalue weighted by molar-refractivity contribution is 0.0322. The highest BCUT2D eigenvalue weighted by Gasteiger charge is 2.39. The van der Waals surface area contributed by atoms with Gasteiger partial charge in [-0.1, -0.05) is 78.9 Å². The first-order valence-corrected chi connectivity index (χ1v) is 13.0. The van der Waals surface area contributed by atoms with Gasteiger partial charge < -0.3 is 10.0 Å². The molecular formula is C30H33FN2OS. The van der Waals surface area contributed by atoms with Gasteiger partial charge in [-0.25, -0.2) is 4.39 Å². The highest BCUT2D eigenvalue weighted by atomic mass is 32.1. The van der Waals surface area contributed by atoms with Crippen molar-refractivity contribution in [3.8, 4) is 0 Å². The van der Waals surface area contributed by atoms with Crippen LogP contribution >= 0.6 is 12.2 Å². The van der Waals surface area contributed by atoms with E-state index in [1.54, 1.807) is 0 Å². The molecule has 3 aromatic rings. The van der Waals surface area contributed by atoms with Gasteiger partial charge in [-0.15, -0.1) is 0 Å². The molecule has 0 amide bonds. The Balaban J connectivity index is 1.38. The molecule has 1 fully saturated rings. The molecule has 1 N–H and O–H groups in total. The van der Waals surface area contributed by atoms with E-state index in [1.807, 2.05) is 18.2 Å². The lowest BCUT2D eigenvalue weighted by atomic mass is 9.77. The minimum absolute atomic E-state index is 0.0344. The molecule has 182 valence electrons. The Kier molecular flexibility index (Phi) is 7.28. The molecule has 2 atom stereocenters. The third-order valence-electron chi connectivity index (χ3n) is 7.64. The highest BCUT2D eigenvalue weighted by molar-refractivity contribution is 7.80. The van der Waals surface area contributed by atoms with Gasteiger partial charge in [0, 0.05) is 31.5 Å². The Labute approximate surface area is 213 Å². The molecule has 3 aromatic carbocycles. The number of fused-ring (bicyclic) bond motifs is 1. The number of thiocarbonyl (C=S) groups is 1. The molecule has 1 unspecified atom stereocenters. The van der Waals surface area contributed by atoms with Crippen LogP contribution in [0.1, 0.15) is 47.6 Å². The number of likely N-dealkylation sites (tertiary alicyclic amines) is 1. The van der Waals surface area contributed by atoms with Crippen LogP contribution in [0.15, 0.2) is 78.9 Å². The van der Waals surface area contributed by atoms with Crippen LogP contribution in [0.4, 0.5) is 4.39 Å². The van der Waals surface area contributed by atoms with E-state index >= 15 is 0 Å². The van der Waals surface area contributed by atoms with Crippen LogP contribution in [0.2, 0.25) is 0 Å². The second-order valence-electron chi connectivity index (χ2n) is 10.1. The maximum Gasteiger partial charge on any atom is 0.123 e. The largest absolute Gasteiger partial charge is 0.396 e. The second-order valence-corrected chi connectivity index (χ2v) is 10.6. The Morgan fingerprint density at radius 3 is 2.49 bits per heavy atom. The zero-order valence-electron chi connectivity index (χ0n) is 20.1. The molecule has 2 aliphatic heterocycles. The van der Waals surface area contributed by atoms with Crippen LogP contribution < -0.4 is 0 Å². The molecule has 2 heterocycles. The third kappa shape index (κ3) is 5.32. The molecule has 0 saturated carbocycles. The summed E-state index contributed by atoms with van der Waals surface area (Å²) in [5.41, 5.74) is 4.67. The van der Waals surface area contributed by atoms with Crippen molar-refractivity contribution in [3.63, 3.8) is 0 Å². The van der Waals surface area contributed by atoms with Crippen molar-refractivity contribution in [3.05, 3.63) is 107 Å². The zero-order valence-corrected chi connectivity index (χ0v) is 20.9. The quantitative estimate of drug-likeness (QED) is 0.446. The lowest BCUT2D eigenvalue weighted by Crippen LogP contribution is -2.49. The van der Waals surface area contributed by atoms with E-state index in [0.717, 1.165) is 56.0 Å². The minimum Gasteiger partial charge on any atom is -0.396 e. The van der Waals surface area contributed by atoms with E-state index < -0.39 is 0 Å². The summed E-state index contributed by atoms with van der Waals surface area (Å²) in [6, 6.07) is 25.8. The molecule has 0 spiro atoms. The summed E-state index contributed by atoms with van der Waals surface area (Å²) in [4.78, 5) is 5.67. The van der Waals surface area contributed by atoms with E-state index in [0.29, 0.717) is 6.42 Å². The summed E-state index contributed by atoms with van der Waals surface area (Å²) >= 11 is 6.12. The van der Waals surface area contributed by atoms with E-state index in [4.69, 9.17) is 12.2 Å². The summed E-state index contributed by atoms with van der Waals surface area (Å²) < 4.78 is 13.7.